The third kappa shape index (κ3) is 21.6. The number of benzene rings is 3. The molecule has 6 aliphatic carbocycles. The molecule has 3 aromatic carbocycles. The topological polar surface area (TPSA) is 65.3 Å². The number of epoxide rings is 3. The quantitative estimate of drug-likeness (QED) is 0.199. The molecule has 0 amide bonds. The molecule has 6 saturated carbocycles. The van der Waals surface area contributed by atoms with Crippen molar-refractivity contribution in [1.29, 1.82) is 0 Å². The van der Waals surface area contributed by atoms with E-state index in [4.69, 9.17) is 28.4 Å². The number of hydrogen-bond acceptors (Lipinski definition) is 6. The molecule has 12 rings (SSSR count). The van der Waals surface area contributed by atoms with E-state index in [0.29, 0.717) is 38.1 Å². The highest BCUT2D eigenvalue weighted by Crippen LogP contribution is 2.59. The van der Waals surface area contributed by atoms with E-state index < -0.39 is 0 Å². The van der Waals surface area contributed by atoms with Gasteiger partial charge in [-0.1, -0.05) is 149 Å². The Bertz CT molecular complexity index is 1340. The molecule has 366 valence electrons. The van der Waals surface area contributed by atoms with Crippen LogP contribution in [0.1, 0.15) is 158 Å². The Balaban J connectivity index is 0.000000168. The summed E-state index contributed by atoms with van der Waals surface area (Å²) in [6.45, 7) is 21.6. The molecule has 6 heteroatoms. The molecule has 6 nitrogen and oxygen atoms in total. The SMILES string of the molecule is C1CC2C3CCC(C3)C2C1.C1CC2C3CCC(C3)C2C1.CCC.CCC.CCC.CCC.c1ccc(OCC2CO2)cc1.c1ccc(OCC2CO2)cc1.c1ccc(OCC2CO2)cc1. The Morgan fingerprint density at radius 2 is 0.569 bits per heavy atom. The number of ether oxygens (including phenoxy) is 6. The first-order valence-electron chi connectivity index (χ1n) is 26.8. The van der Waals surface area contributed by atoms with Crippen LogP contribution in [0.3, 0.4) is 0 Å². The lowest BCUT2D eigenvalue weighted by Crippen LogP contribution is -2.15. The monoisotopic (exact) mass is 899 g/mol. The smallest absolute Gasteiger partial charge is 0.119 e. The first-order chi connectivity index (χ1) is 31.9. The Hall–Kier alpha value is -3.06. The minimum Gasteiger partial charge on any atom is -0.491 e. The minimum absolute atomic E-state index is 0.343. The van der Waals surface area contributed by atoms with Crippen LogP contribution >= 0.6 is 0 Å². The summed E-state index contributed by atoms with van der Waals surface area (Å²) in [5.74, 6) is 12.4. The second-order valence-electron chi connectivity index (χ2n) is 19.8. The van der Waals surface area contributed by atoms with E-state index in [1.54, 1.807) is 77.0 Å². The molecule has 11 atom stereocenters. The second-order valence-corrected chi connectivity index (χ2v) is 19.8. The van der Waals surface area contributed by atoms with Gasteiger partial charge in [0.15, 0.2) is 0 Å². The van der Waals surface area contributed by atoms with Gasteiger partial charge < -0.3 is 28.4 Å². The van der Waals surface area contributed by atoms with Gasteiger partial charge in [0.05, 0.1) is 19.8 Å². The highest BCUT2D eigenvalue weighted by atomic mass is 16.6. The number of rotatable bonds is 9. The van der Waals surface area contributed by atoms with Crippen LogP contribution in [-0.4, -0.2) is 58.0 Å². The van der Waals surface area contributed by atoms with E-state index in [-0.39, 0.29) is 0 Å². The molecule has 4 bridgehead atoms. The van der Waals surface area contributed by atoms with Crippen LogP contribution in [0, 0.1) is 47.3 Å². The van der Waals surface area contributed by atoms with Crippen molar-refractivity contribution in [2.45, 2.75) is 176 Å². The van der Waals surface area contributed by atoms with Crippen molar-refractivity contribution in [2.24, 2.45) is 47.3 Å². The maximum Gasteiger partial charge on any atom is 0.119 e. The molecule has 0 aromatic heterocycles. The van der Waals surface area contributed by atoms with Crippen LogP contribution in [0.4, 0.5) is 0 Å². The zero-order valence-corrected chi connectivity index (χ0v) is 42.5. The summed E-state index contributed by atoms with van der Waals surface area (Å²) in [6, 6.07) is 29.4. The zero-order chi connectivity index (χ0) is 46.5. The predicted octanol–water partition coefficient (Wildman–Crippen LogP) is 15.7. The van der Waals surface area contributed by atoms with Gasteiger partial charge in [0.2, 0.25) is 0 Å². The van der Waals surface area contributed by atoms with Gasteiger partial charge in [-0.15, -0.1) is 0 Å². The van der Waals surface area contributed by atoms with Gasteiger partial charge in [-0.3, -0.25) is 0 Å². The van der Waals surface area contributed by atoms with Gasteiger partial charge in [0.1, 0.15) is 55.4 Å². The summed E-state index contributed by atoms with van der Waals surface area (Å²) < 4.78 is 31.2. The fourth-order valence-corrected chi connectivity index (χ4v) is 10.6. The van der Waals surface area contributed by atoms with Gasteiger partial charge in [0.25, 0.3) is 0 Å². The van der Waals surface area contributed by atoms with Crippen molar-refractivity contribution in [2.75, 3.05) is 39.6 Å². The van der Waals surface area contributed by atoms with Crippen LogP contribution < -0.4 is 14.2 Å². The summed E-state index contributed by atoms with van der Waals surface area (Å²) in [6.07, 6.45) is 25.1. The predicted molar refractivity (Wildman–Crippen MR) is 272 cm³/mol. The fourth-order valence-electron chi connectivity index (χ4n) is 10.6. The summed E-state index contributed by atoms with van der Waals surface area (Å²) in [7, 11) is 0. The van der Waals surface area contributed by atoms with E-state index in [1.807, 2.05) is 91.0 Å². The average Bonchev–Trinajstić information content (AvgIpc) is 4.24. The lowest BCUT2D eigenvalue weighted by molar-refractivity contribution is 0.259. The molecular formula is C59H94O6. The van der Waals surface area contributed by atoms with Crippen LogP contribution in [0.25, 0.3) is 0 Å². The van der Waals surface area contributed by atoms with Gasteiger partial charge in [-0.2, -0.15) is 0 Å². The van der Waals surface area contributed by atoms with E-state index in [2.05, 4.69) is 55.4 Å². The van der Waals surface area contributed by atoms with Crippen molar-refractivity contribution < 1.29 is 28.4 Å². The van der Waals surface area contributed by atoms with Crippen molar-refractivity contribution in [3.8, 4) is 17.2 Å². The Kier molecular flexibility index (Phi) is 27.4. The normalized spacial score (nSPS) is 29.6. The Morgan fingerprint density at radius 3 is 0.769 bits per heavy atom. The molecule has 0 spiro atoms. The average molecular weight is 899 g/mol. The standard InChI is InChI=1S/2C10H16.3C9H10O2.4C3H8/c2*1-2-9-7-4-5-8(6-7)10(9)3-1;3*1-2-4-8(5-3-1)10-6-9-7-11-9;4*1-3-2/h2*7-10H,1-6H2;3*1-5,9H,6-7H2;4*3H2,1-2H3. The van der Waals surface area contributed by atoms with Gasteiger partial charge >= 0.3 is 0 Å². The molecule has 3 aromatic rings. The summed E-state index contributed by atoms with van der Waals surface area (Å²) >= 11 is 0. The van der Waals surface area contributed by atoms with Gasteiger partial charge in [0, 0.05) is 0 Å². The summed E-state index contributed by atoms with van der Waals surface area (Å²) in [4.78, 5) is 0. The Morgan fingerprint density at radius 1 is 0.354 bits per heavy atom. The van der Waals surface area contributed by atoms with E-state index in [9.17, 15) is 0 Å². The van der Waals surface area contributed by atoms with Crippen LogP contribution in [0.2, 0.25) is 0 Å². The van der Waals surface area contributed by atoms with Crippen molar-refractivity contribution in [1.82, 2.24) is 0 Å². The largest absolute Gasteiger partial charge is 0.491 e. The van der Waals surface area contributed by atoms with Crippen molar-refractivity contribution in [3.05, 3.63) is 91.0 Å². The summed E-state index contributed by atoms with van der Waals surface area (Å²) in [5, 5.41) is 0. The van der Waals surface area contributed by atoms with E-state index in [1.165, 1.54) is 73.0 Å². The molecule has 0 radical (unpaired) electrons. The molecule has 3 saturated heterocycles. The molecular weight excluding hydrogens is 805 g/mol. The minimum atomic E-state index is 0.343. The maximum absolute atomic E-state index is 5.40. The second kappa shape index (κ2) is 32.6. The van der Waals surface area contributed by atoms with Gasteiger partial charge in [-0.25, -0.2) is 0 Å². The van der Waals surface area contributed by atoms with Gasteiger partial charge in [-0.05, 0) is 148 Å². The molecule has 3 heterocycles. The highest BCUT2D eigenvalue weighted by molar-refractivity contribution is 5.22. The van der Waals surface area contributed by atoms with Crippen LogP contribution in [0.5, 0.6) is 17.2 Å². The summed E-state index contributed by atoms with van der Waals surface area (Å²) in [5.41, 5.74) is 0. The molecule has 0 N–H and O–H groups in total. The zero-order valence-electron chi connectivity index (χ0n) is 42.5. The fraction of sp³-hybridized carbons (Fsp3) is 0.695. The molecule has 3 aliphatic heterocycles. The van der Waals surface area contributed by atoms with E-state index in [0.717, 1.165) is 37.1 Å². The lowest BCUT2D eigenvalue weighted by Gasteiger charge is -2.23. The third-order valence-corrected chi connectivity index (χ3v) is 13.4. The van der Waals surface area contributed by atoms with Crippen LogP contribution in [-0.2, 0) is 14.2 Å². The Labute approximate surface area is 398 Å². The highest BCUT2D eigenvalue weighted by Gasteiger charge is 2.49. The molecule has 65 heavy (non-hydrogen) atoms. The van der Waals surface area contributed by atoms with Crippen molar-refractivity contribution >= 4 is 0 Å². The number of hydrogen-bond donors (Lipinski definition) is 0. The van der Waals surface area contributed by atoms with E-state index >= 15 is 0 Å². The molecule has 9 aliphatic rings. The number of para-hydroxylation sites is 3. The third-order valence-electron chi connectivity index (χ3n) is 13.4. The molecule has 9 fully saturated rings. The van der Waals surface area contributed by atoms with Crippen LogP contribution in [0.15, 0.2) is 91.0 Å². The molecule has 11 unspecified atom stereocenters. The van der Waals surface area contributed by atoms with Crippen molar-refractivity contribution in [3.63, 3.8) is 0 Å². The first-order valence-corrected chi connectivity index (χ1v) is 26.8. The maximum atomic E-state index is 5.40. The number of fused-ring (bicyclic) bond motifs is 10. The first kappa shape index (κ1) is 54.5. The lowest BCUT2D eigenvalue weighted by atomic mass is 9.82.